The summed E-state index contributed by atoms with van der Waals surface area (Å²) in [7, 11) is 0. The van der Waals surface area contributed by atoms with Crippen molar-refractivity contribution < 1.29 is 19.0 Å². The largest absolute Gasteiger partial charge is 0.494 e. The Kier molecular flexibility index (Phi) is 7.67. The minimum Gasteiger partial charge on any atom is -0.494 e. The molecule has 1 atom stereocenters. The van der Waals surface area contributed by atoms with E-state index in [0.717, 1.165) is 34.4 Å². The second kappa shape index (κ2) is 11.2. The van der Waals surface area contributed by atoms with E-state index in [2.05, 4.69) is 20.4 Å². The summed E-state index contributed by atoms with van der Waals surface area (Å²) in [6.07, 6.45) is 4.32. The third kappa shape index (κ3) is 6.20. The Morgan fingerprint density at radius 3 is 2.80 bits per heavy atom. The molecule has 0 spiro atoms. The van der Waals surface area contributed by atoms with Gasteiger partial charge in [0.2, 0.25) is 5.82 Å². The van der Waals surface area contributed by atoms with Gasteiger partial charge in [0.15, 0.2) is 0 Å². The fourth-order valence-electron chi connectivity index (χ4n) is 5.00. The molecule has 2 N–H and O–H groups in total. The normalized spacial score (nSPS) is 14.7. The lowest BCUT2D eigenvalue weighted by atomic mass is 10.0. The van der Waals surface area contributed by atoms with Gasteiger partial charge in [-0.15, -0.1) is 5.10 Å². The van der Waals surface area contributed by atoms with Gasteiger partial charge in [-0.3, -0.25) is 4.79 Å². The summed E-state index contributed by atoms with van der Waals surface area (Å²) >= 11 is 0. The lowest BCUT2D eigenvalue weighted by molar-refractivity contribution is 0.0641. The molecule has 1 aliphatic rings. The van der Waals surface area contributed by atoms with Crippen molar-refractivity contribution in [2.24, 2.45) is 0 Å². The van der Waals surface area contributed by atoms with Gasteiger partial charge in [-0.05, 0) is 94.0 Å². The number of carbonyl (C=O) groups is 1. The Labute approximate surface area is 233 Å². The number of ether oxygens (including phenoxy) is 1. The topological polar surface area (TPSA) is 102 Å². The van der Waals surface area contributed by atoms with Crippen LogP contribution in [0.4, 0.5) is 10.2 Å². The van der Waals surface area contributed by atoms with Crippen LogP contribution in [-0.4, -0.2) is 43.0 Å². The number of aliphatic hydroxyl groups is 1. The first-order valence-corrected chi connectivity index (χ1v) is 13.5. The van der Waals surface area contributed by atoms with Gasteiger partial charge in [-0.1, -0.05) is 23.8 Å². The molecule has 9 heteroatoms. The number of anilines is 1. The number of carbonyl (C=O) groups excluding carboxylic acids is 1. The van der Waals surface area contributed by atoms with E-state index in [1.807, 2.05) is 44.2 Å². The molecule has 40 heavy (non-hydrogen) atoms. The van der Waals surface area contributed by atoms with Gasteiger partial charge in [-0.25, -0.2) is 19.0 Å². The van der Waals surface area contributed by atoms with Crippen LogP contribution in [0.25, 0.3) is 11.1 Å². The number of nitrogens with one attached hydrogen (secondary N) is 1. The summed E-state index contributed by atoms with van der Waals surface area (Å²) in [5.74, 6) is 1.02. The number of amides is 1. The first-order valence-electron chi connectivity index (χ1n) is 13.5. The lowest BCUT2D eigenvalue weighted by Crippen LogP contribution is -2.19. The molecule has 0 aliphatic carbocycles. The Morgan fingerprint density at radius 1 is 1.18 bits per heavy atom. The third-order valence-corrected chi connectivity index (χ3v) is 7.08. The summed E-state index contributed by atoms with van der Waals surface area (Å²) in [5.41, 5.74) is 3.69. The molecule has 1 unspecified atom stereocenters. The fraction of sp³-hybridized carbons (Fsp3) is 0.355. The number of aryl methyl sites for hydroxylation is 3. The zero-order valence-electron chi connectivity index (χ0n) is 23.2. The van der Waals surface area contributed by atoms with Gasteiger partial charge in [0.25, 0.3) is 5.91 Å². The molecule has 0 saturated heterocycles. The Morgan fingerprint density at radius 2 is 2.00 bits per heavy atom. The molecule has 5 rings (SSSR count). The summed E-state index contributed by atoms with van der Waals surface area (Å²) in [5, 5.41) is 17.1. The number of nitrogens with zero attached hydrogens (tertiary/aromatic N) is 4. The standard InChI is InChI=1S/C31H34FN5O3/c1-19-6-9-25(32)24(16-19)26-10-11-28-35-29(36-37(26)28)30(38)34-27-17-21(12-14-33-27)23-18-22(8-7-20(23)2)40-15-5-13-31(3,4)39/h6-9,12,14,16-18,26,39H,5,10-11,13,15H2,1-4H3,(H,33,34,38). The van der Waals surface area contributed by atoms with Gasteiger partial charge in [0.1, 0.15) is 23.2 Å². The molecule has 2 aromatic heterocycles. The molecule has 8 nitrogen and oxygen atoms in total. The van der Waals surface area contributed by atoms with Crippen LogP contribution in [0, 0.1) is 19.7 Å². The maximum Gasteiger partial charge on any atom is 0.296 e. The second-order valence-electron chi connectivity index (χ2n) is 11.0. The van der Waals surface area contributed by atoms with Crippen molar-refractivity contribution in [2.75, 3.05) is 11.9 Å². The number of halogens is 1. The average molecular weight is 544 g/mol. The van der Waals surface area contributed by atoms with E-state index >= 15 is 0 Å². The highest BCUT2D eigenvalue weighted by molar-refractivity contribution is 6.01. The van der Waals surface area contributed by atoms with Crippen LogP contribution in [-0.2, 0) is 6.42 Å². The first-order chi connectivity index (χ1) is 19.1. The molecule has 0 radical (unpaired) electrons. The number of rotatable bonds is 9. The monoisotopic (exact) mass is 543 g/mol. The van der Waals surface area contributed by atoms with Crippen molar-refractivity contribution in [2.45, 2.75) is 65.0 Å². The van der Waals surface area contributed by atoms with E-state index in [1.165, 1.54) is 6.07 Å². The van der Waals surface area contributed by atoms with Crippen LogP contribution in [0.1, 0.15) is 72.3 Å². The molecule has 1 aliphatic heterocycles. The maximum absolute atomic E-state index is 14.6. The number of hydrogen-bond acceptors (Lipinski definition) is 6. The van der Waals surface area contributed by atoms with Gasteiger partial charge in [0, 0.05) is 18.2 Å². The highest BCUT2D eigenvalue weighted by atomic mass is 19.1. The zero-order valence-corrected chi connectivity index (χ0v) is 23.2. The maximum atomic E-state index is 14.6. The number of hydrogen-bond donors (Lipinski definition) is 2. The van der Waals surface area contributed by atoms with Crippen molar-refractivity contribution in [3.8, 4) is 16.9 Å². The molecule has 3 heterocycles. The molecule has 4 aromatic rings. The van der Waals surface area contributed by atoms with Gasteiger partial charge in [0.05, 0.1) is 18.2 Å². The predicted octanol–water partition coefficient (Wildman–Crippen LogP) is 5.81. The Hall–Kier alpha value is -4.11. The number of benzene rings is 2. The lowest BCUT2D eigenvalue weighted by Gasteiger charge is -2.17. The fourth-order valence-corrected chi connectivity index (χ4v) is 5.00. The molecule has 208 valence electrons. The molecule has 0 bridgehead atoms. The van der Waals surface area contributed by atoms with Crippen molar-refractivity contribution in [1.82, 2.24) is 19.7 Å². The van der Waals surface area contributed by atoms with E-state index < -0.39 is 11.5 Å². The second-order valence-corrected chi connectivity index (χ2v) is 11.0. The van der Waals surface area contributed by atoms with E-state index in [1.54, 1.807) is 36.9 Å². The number of aromatic nitrogens is 4. The highest BCUT2D eigenvalue weighted by Gasteiger charge is 2.30. The van der Waals surface area contributed by atoms with Crippen LogP contribution in [0.5, 0.6) is 5.75 Å². The van der Waals surface area contributed by atoms with E-state index in [9.17, 15) is 14.3 Å². The van der Waals surface area contributed by atoms with Crippen molar-refractivity contribution >= 4 is 11.7 Å². The first kappa shape index (κ1) is 27.5. The quantitative estimate of drug-likeness (QED) is 0.258. The summed E-state index contributed by atoms with van der Waals surface area (Å²) in [6, 6.07) is 14.3. The van der Waals surface area contributed by atoms with Gasteiger partial charge in [-0.2, -0.15) is 0 Å². The van der Waals surface area contributed by atoms with Crippen LogP contribution >= 0.6 is 0 Å². The summed E-state index contributed by atoms with van der Waals surface area (Å²) in [6.45, 7) is 8.01. The molecular formula is C31H34FN5O3. The van der Waals surface area contributed by atoms with Crippen LogP contribution in [0.15, 0.2) is 54.7 Å². The number of fused-ring (bicyclic) bond motifs is 1. The van der Waals surface area contributed by atoms with Crippen LogP contribution < -0.4 is 10.1 Å². The van der Waals surface area contributed by atoms with E-state index in [4.69, 9.17) is 4.74 Å². The van der Waals surface area contributed by atoms with E-state index in [-0.39, 0.29) is 17.7 Å². The SMILES string of the molecule is Cc1ccc(F)c(C2CCc3nc(C(=O)Nc4cc(-c5cc(OCCCC(C)(C)O)ccc5C)ccn4)nn32)c1. The minimum absolute atomic E-state index is 0.0256. The highest BCUT2D eigenvalue weighted by Crippen LogP contribution is 2.33. The average Bonchev–Trinajstić information content (AvgIpc) is 3.50. The summed E-state index contributed by atoms with van der Waals surface area (Å²) in [4.78, 5) is 21.8. The number of pyridine rings is 1. The van der Waals surface area contributed by atoms with Gasteiger partial charge >= 0.3 is 0 Å². The molecule has 2 aromatic carbocycles. The smallest absolute Gasteiger partial charge is 0.296 e. The summed E-state index contributed by atoms with van der Waals surface area (Å²) < 4.78 is 22.1. The zero-order chi connectivity index (χ0) is 28.4. The molecule has 0 fully saturated rings. The minimum atomic E-state index is -0.716. The van der Waals surface area contributed by atoms with E-state index in [0.29, 0.717) is 43.1 Å². The Balaban J connectivity index is 1.29. The van der Waals surface area contributed by atoms with Gasteiger partial charge < -0.3 is 15.2 Å². The van der Waals surface area contributed by atoms with Crippen molar-refractivity contribution in [1.29, 1.82) is 0 Å². The molecule has 1 amide bonds. The predicted molar refractivity (Wildman–Crippen MR) is 151 cm³/mol. The van der Waals surface area contributed by atoms with Crippen molar-refractivity contribution in [3.63, 3.8) is 0 Å². The van der Waals surface area contributed by atoms with Crippen LogP contribution in [0.2, 0.25) is 0 Å². The van der Waals surface area contributed by atoms with Crippen molar-refractivity contribution in [3.05, 3.63) is 88.9 Å². The molecule has 0 saturated carbocycles. The molecular weight excluding hydrogens is 509 g/mol. The van der Waals surface area contributed by atoms with Crippen LogP contribution in [0.3, 0.4) is 0 Å². The third-order valence-electron chi connectivity index (χ3n) is 7.08. The Bertz CT molecular complexity index is 1540.